The number of aliphatic hydroxyl groups is 2. The highest BCUT2D eigenvalue weighted by atomic mass is 16.5. The molecule has 0 aromatic carbocycles. The average molecular weight is 171 g/mol. The standard InChI is InChI=1S/C9H17NO2/c1-4-6-8(3,7-5-2)9(10,11)12/h4-5,11-12H,1-2,6-7,10H2,3H3. The number of allylic oxidation sites excluding steroid dienone is 2. The molecule has 0 saturated carbocycles. The molecule has 0 saturated heterocycles. The third-order valence-corrected chi connectivity index (χ3v) is 2.08. The second-order valence-electron chi connectivity index (χ2n) is 3.27. The summed E-state index contributed by atoms with van der Waals surface area (Å²) in [6, 6.07) is 0. The Morgan fingerprint density at radius 2 is 1.58 bits per heavy atom. The lowest BCUT2D eigenvalue weighted by atomic mass is 9.79. The van der Waals surface area contributed by atoms with Gasteiger partial charge >= 0.3 is 0 Å². The van der Waals surface area contributed by atoms with E-state index < -0.39 is 11.3 Å². The fraction of sp³-hybridized carbons (Fsp3) is 0.556. The molecule has 0 aromatic rings. The first kappa shape index (κ1) is 11.4. The molecule has 0 amide bonds. The van der Waals surface area contributed by atoms with Gasteiger partial charge in [0.2, 0.25) is 5.91 Å². The smallest absolute Gasteiger partial charge is 0.226 e. The second-order valence-corrected chi connectivity index (χ2v) is 3.27. The van der Waals surface area contributed by atoms with Gasteiger partial charge in [0.1, 0.15) is 0 Å². The van der Waals surface area contributed by atoms with Crippen molar-refractivity contribution in [1.82, 2.24) is 0 Å². The van der Waals surface area contributed by atoms with E-state index in [4.69, 9.17) is 5.73 Å². The van der Waals surface area contributed by atoms with Crippen LogP contribution in [0.2, 0.25) is 0 Å². The average Bonchev–Trinajstić information content (AvgIpc) is 1.86. The molecule has 3 nitrogen and oxygen atoms in total. The molecule has 12 heavy (non-hydrogen) atoms. The van der Waals surface area contributed by atoms with E-state index in [-0.39, 0.29) is 0 Å². The number of hydrogen-bond acceptors (Lipinski definition) is 3. The molecule has 3 heteroatoms. The molecule has 0 fully saturated rings. The van der Waals surface area contributed by atoms with Crippen molar-refractivity contribution in [3.63, 3.8) is 0 Å². The second kappa shape index (κ2) is 3.85. The van der Waals surface area contributed by atoms with Crippen LogP contribution in [0.15, 0.2) is 25.3 Å². The van der Waals surface area contributed by atoms with Crippen molar-refractivity contribution in [2.75, 3.05) is 0 Å². The van der Waals surface area contributed by atoms with Crippen LogP contribution >= 0.6 is 0 Å². The molecule has 0 aromatic heterocycles. The zero-order chi connectivity index (χ0) is 9.83. The number of rotatable bonds is 5. The Kier molecular flexibility index (Phi) is 3.64. The van der Waals surface area contributed by atoms with Crippen LogP contribution in [0.4, 0.5) is 0 Å². The molecule has 0 radical (unpaired) electrons. The Morgan fingerprint density at radius 1 is 1.25 bits per heavy atom. The molecule has 4 N–H and O–H groups in total. The van der Waals surface area contributed by atoms with Gasteiger partial charge in [-0.1, -0.05) is 19.1 Å². The van der Waals surface area contributed by atoms with Crippen LogP contribution in [-0.2, 0) is 0 Å². The van der Waals surface area contributed by atoms with Crippen molar-refractivity contribution >= 4 is 0 Å². The molecule has 0 aliphatic carbocycles. The lowest BCUT2D eigenvalue weighted by Crippen LogP contribution is -2.53. The fourth-order valence-electron chi connectivity index (χ4n) is 1.02. The van der Waals surface area contributed by atoms with Crippen LogP contribution < -0.4 is 5.73 Å². The molecular weight excluding hydrogens is 154 g/mol. The molecule has 0 bridgehead atoms. The van der Waals surface area contributed by atoms with Crippen molar-refractivity contribution in [1.29, 1.82) is 0 Å². The Labute approximate surface area is 73.2 Å². The van der Waals surface area contributed by atoms with E-state index in [0.29, 0.717) is 12.8 Å². The summed E-state index contributed by atoms with van der Waals surface area (Å²) in [6.07, 6.45) is 4.08. The van der Waals surface area contributed by atoms with Crippen LogP contribution in [0.25, 0.3) is 0 Å². The number of nitrogens with two attached hydrogens (primary N) is 1. The summed E-state index contributed by atoms with van der Waals surface area (Å²) in [5, 5.41) is 18.5. The summed E-state index contributed by atoms with van der Waals surface area (Å²) in [4.78, 5) is 0. The molecule has 0 heterocycles. The van der Waals surface area contributed by atoms with E-state index in [1.807, 2.05) is 0 Å². The molecule has 70 valence electrons. The summed E-state index contributed by atoms with van der Waals surface area (Å²) in [5.41, 5.74) is 4.39. The lowest BCUT2D eigenvalue weighted by molar-refractivity contribution is -0.232. The predicted molar refractivity (Wildman–Crippen MR) is 49.1 cm³/mol. The quantitative estimate of drug-likeness (QED) is 0.422. The van der Waals surface area contributed by atoms with Crippen molar-refractivity contribution in [2.24, 2.45) is 11.1 Å². The maximum atomic E-state index is 9.24. The first-order chi connectivity index (χ1) is 5.37. The van der Waals surface area contributed by atoms with Crippen LogP contribution in [-0.4, -0.2) is 16.1 Å². The zero-order valence-corrected chi connectivity index (χ0v) is 7.45. The minimum atomic E-state index is -2.19. The molecule has 0 aliphatic rings. The van der Waals surface area contributed by atoms with E-state index in [0.717, 1.165) is 0 Å². The summed E-state index contributed by atoms with van der Waals surface area (Å²) in [7, 11) is 0. The Bertz CT molecular complexity index is 160. The highest BCUT2D eigenvalue weighted by Crippen LogP contribution is 2.34. The highest BCUT2D eigenvalue weighted by molar-refractivity contribution is 4.94. The monoisotopic (exact) mass is 171 g/mol. The normalized spacial score (nSPS) is 12.7. The molecule has 0 spiro atoms. The van der Waals surface area contributed by atoms with Crippen LogP contribution in [0.5, 0.6) is 0 Å². The summed E-state index contributed by atoms with van der Waals surface area (Å²) < 4.78 is 0. The van der Waals surface area contributed by atoms with Crippen molar-refractivity contribution < 1.29 is 10.2 Å². The van der Waals surface area contributed by atoms with Gasteiger partial charge in [0.15, 0.2) is 0 Å². The van der Waals surface area contributed by atoms with Gasteiger partial charge in [-0.05, 0) is 12.8 Å². The van der Waals surface area contributed by atoms with Gasteiger partial charge in [-0.25, -0.2) is 0 Å². The predicted octanol–water partition coefficient (Wildman–Crippen LogP) is 0.742. The summed E-state index contributed by atoms with van der Waals surface area (Å²) in [6.45, 7) is 8.74. The lowest BCUT2D eigenvalue weighted by Gasteiger charge is -2.36. The third kappa shape index (κ3) is 2.44. The molecular formula is C9H17NO2. The topological polar surface area (TPSA) is 66.5 Å². The van der Waals surface area contributed by atoms with Gasteiger partial charge in [-0.2, -0.15) is 0 Å². The fourth-order valence-corrected chi connectivity index (χ4v) is 1.02. The van der Waals surface area contributed by atoms with Gasteiger partial charge in [0, 0.05) is 5.41 Å². The van der Waals surface area contributed by atoms with Crippen molar-refractivity contribution in [3.05, 3.63) is 25.3 Å². The molecule has 0 rings (SSSR count). The van der Waals surface area contributed by atoms with Gasteiger partial charge in [-0.3, -0.25) is 5.73 Å². The van der Waals surface area contributed by atoms with Gasteiger partial charge in [0.05, 0.1) is 0 Å². The maximum absolute atomic E-state index is 9.24. The summed E-state index contributed by atoms with van der Waals surface area (Å²) in [5.74, 6) is -2.19. The van der Waals surface area contributed by atoms with Gasteiger partial charge in [0.25, 0.3) is 0 Å². The van der Waals surface area contributed by atoms with Crippen LogP contribution in [0.3, 0.4) is 0 Å². The molecule has 0 aliphatic heterocycles. The highest BCUT2D eigenvalue weighted by Gasteiger charge is 2.40. The zero-order valence-electron chi connectivity index (χ0n) is 7.45. The molecule has 0 unspecified atom stereocenters. The Morgan fingerprint density at radius 3 is 1.75 bits per heavy atom. The first-order valence-corrected chi connectivity index (χ1v) is 3.83. The van der Waals surface area contributed by atoms with Crippen LogP contribution in [0, 0.1) is 5.41 Å². The van der Waals surface area contributed by atoms with E-state index >= 15 is 0 Å². The minimum Gasteiger partial charge on any atom is -0.353 e. The Hall–Kier alpha value is -0.640. The number of hydrogen-bond donors (Lipinski definition) is 3. The molecule has 0 atom stereocenters. The van der Waals surface area contributed by atoms with Crippen molar-refractivity contribution in [3.8, 4) is 0 Å². The SMILES string of the molecule is C=CCC(C)(CC=C)C(N)(O)O. The van der Waals surface area contributed by atoms with Gasteiger partial charge in [-0.15, -0.1) is 13.2 Å². The largest absolute Gasteiger partial charge is 0.353 e. The van der Waals surface area contributed by atoms with E-state index in [1.165, 1.54) is 0 Å². The third-order valence-electron chi connectivity index (χ3n) is 2.08. The maximum Gasteiger partial charge on any atom is 0.226 e. The Balaban J connectivity index is 4.59. The first-order valence-electron chi connectivity index (χ1n) is 3.83. The van der Waals surface area contributed by atoms with E-state index in [2.05, 4.69) is 13.2 Å². The van der Waals surface area contributed by atoms with Crippen LogP contribution in [0.1, 0.15) is 19.8 Å². The van der Waals surface area contributed by atoms with E-state index in [9.17, 15) is 10.2 Å². The minimum absolute atomic E-state index is 0.433. The summed E-state index contributed by atoms with van der Waals surface area (Å²) >= 11 is 0. The van der Waals surface area contributed by atoms with Gasteiger partial charge < -0.3 is 10.2 Å². The van der Waals surface area contributed by atoms with E-state index in [1.54, 1.807) is 19.1 Å². The van der Waals surface area contributed by atoms with Crippen molar-refractivity contribution in [2.45, 2.75) is 25.7 Å².